The number of carbonyl (C=O) groups is 1. The molecule has 2 aromatic heterocycles. The lowest BCUT2D eigenvalue weighted by atomic mass is 9.89. The van der Waals surface area contributed by atoms with Gasteiger partial charge in [-0.15, -0.1) is 0 Å². The molecule has 37 heavy (non-hydrogen) atoms. The number of aryl methyl sites for hydroxylation is 1. The van der Waals surface area contributed by atoms with E-state index >= 15 is 0 Å². The molecule has 6 heteroatoms. The summed E-state index contributed by atoms with van der Waals surface area (Å²) in [5, 5.41) is 17.7. The van der Waals surface area contributed by atoms with Gasteiger partial charge >= 0.3 is 5.97 Å². The molecule has 6 rings (SSSR count). The van der Waals surface area contributed by atoms with Gasteiger partial charge in [0.25, 0.3) is 0 Å². The molecule has 182 valence electrons. The Hall–Kier alpha value is -4.71. The monoisotopic (exact) mass is 487 g/mol. The second-order valence-electron chi connectivity index (χ2n) is 9.41. The van der Waals surface area contributed by atoms with Gasteiger partial charge in [0, 0.05) is 23.0 Å². The molecule has 1 saturated carbocycles. The number of hydrogen-bond donors (Lipinski definition) is 2. The van der Waals surface area contributed by atoms with Crippen LogP contribution in [-0.4, -0.2) is 21.2 Å². The largest absolute Gasteiger partial charge is 0.481 e. The summed E-state index contributed by atoms with van der Waals surface area (Å²) in [5.41, 5.74) is 6.88. The lowest BCUT2D eigenvalue weighted by Gasteiger charge is -2.16. The molecule has 0 spiro atoms. The van der Waals surface area contributed by atoms with Crippen LogP contribution in [0.5, 0.6) is 0 Å². The van der Waals surface area contributed by atoms with E-state index in [1.54, 1.807) is 6.20 Å². The number of carboxylic acid groups (broad SMARTS) is 1. The van der Waals surface area contributed by atoms with Gasteiger partial charge in [0.1, 0.15) is 11.4 Å². The molecule has 0 amide bonds. The number of nitrogens with zero attached hydrogens (tertiary/aromatic N) is 2. The molecule has 0 saturated heterocycles. The standard InChI is InChI=1S/C31H25N3O3/c1-20-28(33-24-14-17-32-27(19-24)22-10-6-3-7-11-22)29(37-34-20)26-18-23(31(15-16-31)30(35)36)12-13-25(26)21-8-4-2-5-9-21/h2-14,17-19H,15-16H2,1H3,(H,32,33)(H,35,36). The first kappa shape index (κ1) is 22.7. The molecule has 0 radical (unpaired) electrons. The zero-order valence-corrected chi connectivity index (χ0v) is 20.3. The highest BCUT2D eigenvalue weighted by molar-refractivity contribution is 5.91. The van der Waals surface area contributed by atoms with Crippen LogP contribution in [0.1, 0.15) is 24.1 Å². The van der Waals surface area contributed by atoms with Crippen molar-refractivity contribution >= 4 is 17.3 Å². The van der Waals surface area contributed by atoms with Crippen molar-refractivity contribution in [3.63, 3.8) is 0 Å². The van der Waals surface area contributed by atoms with Crippen LogP contribution in [-0.2, 0) is 10.2 Å². The van der Waals surface area contributed by atoms with E-state index in [4.69, 9.17) is 4.52 Å². The highest BCUT2D eigenvalue weighted by Gasteiger charge is 2.52. The minimum atomic E-state index is -0.831. The van der Waals surface area contributed by atoms with Crippen molar-refractivity contribution in [3.05, 3.63) is 108 Å². The molecule has 6 nitrogen and oxygen atoms in total. The molecule has 3 aromatic carbocycles. The molecule has 1 fully saturated rings. The predicted octanol–water partition coefficient (Wildman–Crippen LogP) is 7.24. The maximum Gasteiger partial charge on any atom is 0.314 e. The number of aliphatic carboxylic acids is 1. The van der Waals surface area contributed by atoms with Crippen molar-refractivity contribution in [2.45, 2.75) is 25.2 Å². The molecule has 1 aliphatic carbocycles. The smallest absolute Gasteiger partial charge is 0.314 e. The van der Waals surface area contributed by atoms with Crippen LogP contribution in [0, 0.1) is 6.92 Å². The van der Waals surface area contributed by atoms with E-state index < -0.39 is 11.4 Å². The number of pyridine rings is 1. The van der Waals surface area contributed by atoms with Gasteiger partial charge in [-0.05, 0) is 54.7 Å². The third-order valence-electron chi connectivity index (χ3n) is 7.02. The van der Waals surface area contributed by atoms with E-state index in [-0.39, 0.29) is 0 Å². The average Bonchev–Trinajstić information content (AvgIpc) is 3.69. The second-order valence-corrected chi connectivity index (χ2v) is 9.41. The Morgan fingerprint density at radius 1 is 0.892 bits per heavy atom. The van der Waals surface area contributed by atoms with Gasteiger partial charge in [0.15, 0.2) is 5.76 Å². The van der Waals surface area contributed by atoms with Crippen molar-refractivity contribution in [3.8, 4) is 33.7 Å². The van der Waals surface area contributed by atoms with Crippen LogP contribution in [0.2, 0.25) is 0 Å². The van der Waals surface area contributed by atoms with Gasteiger partial charge in [-0.3, -0.25) is 9.78 Å². The lowest BCUT2D eigenvalue weighted by molar-refractivity contribution is -0.140. The van der Waals surface area contributed by atoms with Gasteiger partial charge in [0.2, 0.25) is 0 Å². The van der Waals surface area contributed by atoms with E-state index in [9.17, 15) is 9.90 Å². The summed E-state index contributed by atoms with van der Waals surface area (Å²) in [6, 6.07) is 29.8. The van der Waals surface area contributed by atoms with E-state index in [1.807, 2.05) is 97.9 Å². The predicted molar refractivity (Wildman–Crippen MR) is 144 cm³/mol. The summed E-state index contributed by atoms with van der Waals surface area (Å²) in [6.07, 6.45) is 3.03. The maximum absolute atomic E-state index is 12.1. The maximum atomic E-state index is 12.1. The highest BCUT2D eigenvalue weighted by atomic mass is 16.5. The number of nitrogens with one attached hydrogen (secondary N) is 1. The van der Waals surface area contributed by atoms with Crippen molar-refractivity contribution in [2.24, 2.45) is 0 Å². The molecule has 0 unspecified atom stereocenters. The zero-order valence-electron chi connectivity index (χ0n) is 20.3. The van der Waals surface area contributed by atoms with E-state index in [0.29, 0.717) is 24.3 Å². The quantitative estimate of drug-likeness (QED) is 0.252. The summed E-state index contributed by atoms with van der Waals surface area (Å²) in [7, 11) is 0. The first-order chi connectivity index (χ1) is 18.0. The molecule has 2 N–H and O–H groups in total. The van der Waals surface area contributed by atoms with Gasteiger partial charge < -0.3 is 14.9 Å². The Balaban J connectivity index is 1.46. The van der Waals surface area contributed by atoms with Crippen molar-refractivity contribution in [1.82, 2.24) is 10.1 Å². The number of carboxylic acids is 1. The minimum absolute atomic E-state index is 0.567. The van der Waals surface area contributed by atoms with Crippen LogP contribution < -0.4 is 5.32 Å². The number of rotatable bonds is 7. The third kappa shape index (κ3) is 4.16. The number of benzene rings is 3. The molecule has 0 aliphatic heterocycles. The van der Waals surface area contributed by atoms with Crippen LogP contribution in [0.25, 0.3) is 33.7 Å². The molecule has 0 bridgehead atoms. The van der Waals surface area contributed by atoms with E-state index in [0.717, 1.165) is 44.9 Å². The summed E-state index contributed by atoms with van der Waals surface area (Å²) in [6.45, 7) is 1.89. The first-order valence-corrected chi connectivity index (χ1v) is 12.2. The molecule has 5 aromatic rings. The fraction of sp³-hybridized carbons (Fsp3) is 0.129. The number of anilines is 2. The molecular weight excluding hydrogens is 462 g/mol. The summed E-state index contributed by atoms with van der Waals surface area (Å²) < 4.78 is 5.90. The lowest BCUT2D eigenvalue weighted by Crippen LogP contribution is -2.19. The summed E-state index contributed by atoms with van der Waals surface area (Å²) in [4.78, 5) is 16.6. The molecule has 1 aliphatic rings. The Labute approximate surface area is 214 Å². The Kier molecular flexibility index (Phi) is 5.57. The van der Waals surface area contributed by atoms with Crippen molar-refractivity contribution < 1.29 is 14.4 Å². The topological polar surface area (TPSA) is 88.2 Å². The van der Waals surface area contributed by atoms with Crippen molar-refractivity contribution in [1.29, 1.82) is 0 Å². The van der Waals surface area contributed by atoms with Crippen LogP contribution in [0.4, 0.5) is 11.4 Å². The molecule has 0 atom stereocenters. The third-order valence-corrected chi connectivity index (χ3v) is 7.02. The van der Waals surface area contributed by atoms with Gasteiger partial charge in [0.05, 0.1) is 11.1 Å². The normalized spacial score (nSPS) is 13.8. The zero-order chi connectivity index (χ0) is 25.4. The minimum Gasteiger partial charge on any atom is -0.481 e. The van der Waals surface area contributed by atoms with Crippen molar-refractivity contribution in [2.75, 3.05) is 5.32 Å². The van der Waals surface area contributed by atoms with E-state index in [2.05, 4.69) is 15.5 Å². The van der Waals surface area contributed by atoms with Crippen LogP contribution in [0.15, 0.2) is 102 Å². The summed E-state index contributed by atoms with van der Waals surface area (Å²) in [5.74, 6) is -0.222. The van der Waals surface area contributed by atoms with E-state index in [1.165, 1.54) is 0 Å². The van der Waals surface area contributed by atoms with Crippen LogP contribution in [0.3, 0.4) is 0 Å². The highest BCUT2D eigenvalue weighted by Crippen LogP contribution is 2.50. The number of aromatic nitrogens is 2. The van der Waals surface area contributed by atoms with Crippen LogP contribution >= 0.6 is 0 Å². The summed E-state index contributed by atoms with van der Waals surface area (Å²) >= 11 is 0. The van der Waals surface area contributed by atoms with Gasteiger partial charge in [-0.2, -0.15) is 0 Å². The van der Waals surface area contributed by atoms with Gasteiger partial charge in [-0.25, -0.2) is 0 Å². The van der Waals surface area contributed by atoms with Gasteiger partial charge in [-0.1, -0.05) is 78.0 Å². The fourth-order valence-corrected chi connectivity index (χ4v) is 4.77. The SMILES string of the molecule is Cc1noc(-c2cc(C3(C(=O)O)CC3)ccc2-c2ccccc2)c1Nc1ccnc(-c2ccccc2)c1. The Bertz CT molecular complexity index is 1590. The first-order valence-electron chi connectivity index (χ1n) is 12.2. The number of hydrogen-bond acceptors (Lipinski definition) is 5. The fourth-order valence-electron chi connectivity index (χ4n) is 4.77. The average molecular weight is 488 g/mol. The molecule has 2 heterocycles. The second kappa shape index (κ2) is 9.06. The Morgan fingerprint density at radius 2 is 1.59 bits per heavy atom. The Morgan fingerprint density at radius 3 is 2.27 bits per heavy atom. The molecular formula is C31H25N3O3.